The number of carbonyl (C=O) groups is 1. The van der Waals surface area contributed by atoms with Gasteiger partial charge >= 0.3 is 6.03 Å². The predicted octanol–water partition coefficient (Wildman–Crippen LogP) is 0.0848. The SMILES string of the molecule is CS(=O)(=O)Nc1ccc(NC(=O)NCCN2CCNCC2)cc1. The molecule has 8 nitrogen and oxygen atoms in total. The molecule has 0 aliphatic carbocycles. The number of piperazine rings is 1. The minimum Gasteiger partial charge on any atom is -0.337 e. The van der Waals surface area contributed by atoms with Gasteiger partial charge < -0.3 is 16.0 Å². The van der Waals surface area contributed by atoms with E-state index >= 15 is 0 Å². The lowest BCUT2D eigenvalue weighted by atomic mass is 10.3. The van der Waals surface area contributed by atoms with E-state index in [1.807, 2.05) is 0 Å². The molecule has 0 saturated carbocycles. The number of rotatable bonds is 6. The Labute approximate surface area is 136 Å². The van der Waals surface area contributed by atoms with Crippen molar-refractivity contribution in [1.29, 1.82) is 0 Å². The van der Waals surface area contributed by atoms with Gasteiger partial charge in [0, 0.05) is 50.6 Å². The maximum Gasteiger partial charge on any atom is 0.319 e. The minimum atomic E-state index is -3.29. The number of nitrogens with one attached hydrogen (secondary N) is 4. The summed E-state index contributed by atoms with van der Waals surface area (Å²) in [5.41, 5.74) is 1.06. The third kappa shape index (κ3) is 6.85. The van der Waals surface area contributed by atoms with Crippen LogP contribution in [0.25, 0.3) is 0 Å². The molecule has 1 fully saturated rings. The molecule has 1 aliphatic heterocycles. The summed E-state index contributed by atoms with van der Waals surface area (Å²) < 4.78 is 24.6. The number of urea groups is 1. The first kappa shape index (κ1) is 17.5. The summed E-state index contributed by atoms with van der Waals surface area (Å²) in [7, 11) is -3.29. The molecule has 1 aliphatic rings. The molecule has 1 saturated heterocycles. The summed E-state index contributed by atoms with van der Waals surface area (Å²) in [5.74, 6) is 0. The number of carbonyl (C=O) groups excluding carboxylic acids is 1. The van der Waals surface area contributed by atoms with Gasteiger partial charge in [-0.15, -0.1) is 0 Å². The first-order chi connectivity index (χ1) is 10.9. The van der Waals surface area contributed by atoms with E-state index in [0.717, 1.165) is 39.0 Å². The highest BCUT2D eigenvalue weighted by Gasteiger charge is 2.09. The first-order valence-corrected chi connectivity index (χ1v) is 9.37. The zero-order chi connectivity index (χ0) is 16.7. The lowest BCUT2D eigenvalue weighted by Gasteiger charge is -2.27. The fourth-order valence-corrected chi connectivity index (χ4v) is 2.84. The van der Waals surface area contributed by atoms with Crippen LogP contribution in [-0.4, -0.2) is 64.9 Å². The molecule has 1 heterocycles. The van der Waals surface area contributed by atoms with Crippen LogP contribution < -0.4 is 20.7 Å². The fraction of sp³-hybridized carbons (Fsp3) is 0.500. The van der Waals surface area contributed by atoms with Gasteiger partial charge in [-0.3, -0.25) is 9.62 Å². The Hall–Kier alpha value is -1.84. The van der Waals surface area contributed by atoms with Crippen molar-refractivity contribution >= 4 is 27.4 Å². The molecule has 0 bridgehead atoms. The van der Waals surface area contributed by atoms with E-state index in [1.165, 1.54) is 0 Å². The van der Waals surface area contributed by atoms with Gasteiger partial charge in [-0.1, -0.05) is 0 Å². The number of hydrogen-bond donors (Lipinski definition) is 4. The van der Waals surface area contributed by atoms with Crippen molar-refractivity contribution in [2.24, 2.45) is 0 Å². The van der Waals surface area contributed by atoms with Crippen molar-refractivity contribution < 1.29 is 13.2 Å². The standard InChI is InChI=1S/C14H23N5O3S/c1-23(21,22)18-13-4-2-12(3-5-13)17-14(20)16-8-11-19-9-6-15-7-10-19/h2-5,15,18H,6-11H2,1H3,(H2,16,17,20). The highest BCUT2D eigenvalue weighted by atomic mass is 32.2. The highest BCUT2D eigenvalue weighted by molar-refractivity contribution is 7.92. The van der Waals surface area contributed by atoms with Crippen molar-refractivity contribution in [3.63, 3.8) is 0 Å². The van der Waals surface area contributed by atoms with Crippen LogP contribution in [0.4, 0.5) is 16.2 Å². The minimum absolute atomic E-state index is 0.274. The third-order valence-corrected chi connectivity index (χ3v) is 3.98. The van der Waals surface area contributed by atoms with E-state index in [4.69, 9.17) is 0 Å². The van der Waals surface area contributed by atoms with Gasteiger partial charge in [0.05, 0.1) is 6.26 Å². The van der Waals surface area contributed by atoms with Crippen LogP contribution in [0.1, 0.15) is 0 Å². The van der Waals surface area contributed by atoms with E-state index in [2.05, 4.69) is 25.6 Å². The second kappa shape index (κ2) is 8.14. The molecule has 0 aromatic heterocycles. The van der Waals surface area contributed by atoms with Crippen molar-refractivity contribution in [2.45, 2.75) is 0 Å². The smallest absolute Gasteiger partial charge is 0.319 e. The number of benzene rings is 1. The van der Waals surface area contributed by atoms with Gasteiger partial charge in [0.1, 0.15) is 0 Å². The van der Waals surface area contributed by atoms with Gasteiger partial charge in [0.2, 0.25) is 10.0 Å². The van der Waals surface area contributed by atoms with Crippen molar-refractivity contribution in [3.8, 4) is 0 Å². The molecule has 23 heavy (non-hydrogen) atoms. The molecule has 0 spiro atoms. The second-order valence-electron chi connectivity index (χ2n) is 5.42. The van der Waals surface area contributed by atoms with Crippen LogP contribution in [-0.2, 0) is 10.0 Å². The van der Waals surface area contributed by atoms with Gasteiger partial charge in [0.15, 0.2) is 0 Å². The molecule has 2 amide bonds. The number of nitrogens with zero attached hydrogens (tertiary/aromatic N) is 1. The number of anilines is 2. The van der Waals surface area contributed by atoms with Crippen molar-refractivity contribution in [2.75, 3.05) is 55.6 Å². The average Bonchev–Trinajstić information content (AvgIpc) is 2.49. The monoisotopic (exact) mass is 341 g/mol. The molecule has 2 rings (SSSR count). The molecule has 1 aromatic carbocycles. The van der Waals surface area contributed by atoms with Crippen LogP contribution in [0.15, 0.2) is 24.3 Å². The molecular formula is C14H23N5O3S. The van der Waals surface area contributed by atoms with Crippen LogP contribution in [0, 0.1) is 0 Å². The van der Waals surface area contributed by atoms with Gasteiger partial charge in [-0.25, -0.2) is 13.2 Å². The van der Waals surface area contributed by atoms with Crippen LogP contribution in [0.5, 0.6) is 0 Å². The van der Waals surface area contributed by atoms with Crippen LogP contribution in [0.3, 0.4) is 0 Å². The molecule has 0 unspecified atom stereocenters. The summed E-state index contributed by atoms with van der Waals surface area (Å²) in [6.07, 6.45) is 1.09. The average molecular weight is 341 g/mol. The molecule has 4 N–H and O–H groups in total. The first-order valence-electron chi connectivity index (χ1n) is 7.48. The van der Waals surface area contributed by atoms with Gasteiger partial charge in [0.25, 0.3) is 0 Å². The molecule has 128 valence electrons. The summed E-state index contributed by atoms with van der Waals surface area (Å²) in [5, 5.41) is 8.80. The van der Waals surface area contributed by atoms with Crippen LogP contribution in [0.2, 0.25) is 0 Å². The van der Waals surface area contributed by atoms with E-state index in [9.17, 15) is 13.2 Å². The van der Waals surface area contributed by atoms with Crippen LogP contribution >= 0.6 is 0 Å². The summed E-state index contributed by atoms with van der Waals surface area (Å²) >= 11 is 0. The zero-order valence-electron chi connectivity index (χ0n) is 13.1. The molecule has 9 heteroatoms. The largest absolute Gasteiger partial charge is 0.337 e. The van der Waals surface area contributed by atoms with Gasteiger partial charge in [-0.2, -0.15) is 0 Å². The third-order valence-electron chi connectivity index (χ3n) is 3.37. The van der Waals surface area contributed by atoms with E-state index in [1.54, 1.807) is 24.3 Å². The lowest BCUT2D eigenvalue weighted by Crippen LogP contribution is -2.46. The Morgan fingerprint density at radius 2 is 1.78 bits per heavy atom. The zero-order valence-corrected chi connectivity index (χ0v) is 13.9. The van der Waals surface area contributed by atoms with Crippen molar-refractivity contribution in [1.82, 2.24) is 15.5 Å². The Bertz CT molecular complexity index is 612. The Kier molecular flexibility index (Phi) is 6.20. The Morgan fingerprint density at radius 3 is 2.39 bits per heavy atom. The maximum atomic E-state index is 11.8. The summed E-state index contributed by atoms with van der Waals surface area (Å²) in [4.78, 5) is 14.1. The Balaban J connectivity index is 1.72. The fourth-order valence-electron chi connectivity index (χ4n) is 2.27. The number of amides is 2. The van der Waals surface area contributed by atoms with E-state index < -0.39 is 10.0 Å². The van der Waals surface area contributed by atoms with E-state index in [-0.39, 0.29) is 6.03 Å². The normalized spacial score (nSPS) is 15.9. The highest BCUT2D eigenvalue weighted by Crippen LogP contribution is 2.14. The second-order valence-corrected chi connectivity index (χ2v) is 7.17. The van der Waals surface area contributed by atoms with Gasteiger partial charge in [-0.05, 0) is 24.3 Å². The molecule has 1 aromatic rings. The molecular weight excluding hydrogens is 318 g/mol. The van der Waals surface area contributed by atoms with E-state index in [0.29, 0.717) is 17.9 Å². The lowest BCUT2D eigenvalue weighted by molar-refractivity contribution is 0.233. The number of hydrogen-bond acceptors (Lipinski definition) is 5. The molecule has 0 radical (unpaired) electrons. The number of sulfonamides is 1. The summed E-state index contributed by atoms with van der Waals surface area (Å²) in [6, 6.07) is 6.20. The maximum absolute atomic E-state index is 11.8. The Morgan fingerprint density at radius 1 is 1.17 bits per heavy atom. The topological polar surface area (TPSA) is 103 Å². The molecule has 0 atom stereocenters. The summed E-state index contributed by atoms with van der Waals surface area (Å²) in [6.45, 7) is 5.38. The predicted molar refractivity (Wildman–Crippen MR) is 91.2 cm³/mol. The van der Waals surface area contributed by atoms with Crippen molar-refractivity contribution in [3.05, 3.63) is 24.3 Å². The quantitative estimate of drug-likeness (QED) is 0.587.